The first-order valence-electron chi connectivity index (χ1n) is 4.87. The summed E-state index contributed by atoms with van der Waals surface area (Å²) in [5.41, 5.74) is 0. The second-order valence-electron chi connectivity index (χ2n) is 3.54. The van der Waals surface area contributed by atoms with Gasteiger partial charge < -0.3 is 0 Å². The Kier molecular flexibility index (Phi) is 3.13. The van der Waals surface area contributed by atoms with Gasteiger partial charge in [0.15, 0.2) is 0 Å². The molecule has 0 amide bonds. The standard InChI is InChI=1S/C10H12BrNO2S/c11-9-5-1-2-6-10(9)15(13,14)12-7-3-4-8-12/h1-2,5-6H,3-4,7-8H2. The Balaban J connectivity index is 2.41. The smallest absolute Gasteiger partial charge is 0.207 e. The van der Waals surface area contributed by atoms with E-state index < -0.39 is 10.0 Å². The average molecular weight is 290 g/mol. The van der Waals surface area contributed by atoms with Crippen molar-refractivity contribution in [3.05, 3.63) is 28.7 Å². The normalized spacial score (nSPS) is 18.2. The highest BCUT2D eigenvalue weighted by Gasteiger charge is 2.28. The molecule has 1 aliphatic rings. The molecular formula is C10H12BrNO2S. The summed E-state index contributed by atoms with van der Waals surface area (Å²) in [6.07, 6.45) is 1.92. The highest BCUT2D eigenvalue weighted by Crippen LogP contribution is 2.26. The van der Waals surface area contributed by atoms with Gasteiger partial charge in [0.25, 0.3) is 0 Å². The lowest BCUT2D eigenvalue weighted by Crippen LogP contribution is -2.28. The molecule has 5 heteroatoms. The molecule has 3 nitrogen and oxygen atoms in total. The molecule has 0 unspecified atom stereocenters. The minimum Gasteiger partial charge on any atom is -0.207 e. The van der Waals surface area contributed by atoms with E-state index in [1.807, 2.05) is 6.07 Å². The van der Waals surface area contributed by atoms with Gasteiger partial charge in [0, 0.05) is 17.6 Å². The summed E-state index contributed by atoms with van der Waals surface area (Å²) in [7, 11) is -3.28. The molecule has 1 heterocycles. The van der Waals surface area contributed by atoms with Crippen LogP contribution in [0.2, 0.25) is 0 Å². The van der Waals surface area contributed by atoms with Gasteiger partial charge in [0.1, 0.15) is 0 Å². The summed E-state index contributed by atoms with van der Waals surface area (Å²) in [6, 6.07) is 6.95. The van der Waals surface area contributed by atoms with Crippen LogP contribution in [0.1, 0.15) is 12.8 Å². The molecule has 1 aromatic rings. The predicted octanol–water partition coefficient (Wildman–Crippen LogP) is 2.23. The van der Waals surface area contributed by atoms with Gasteiger partial charge >= 0.3 is 0 Å². The van der Waals surface area contributed by atoms with Crippen LogP contribution in [-0.4, -0.2) is 25.8 Å². The van der Waals surface area contributed by atoms with E-state index in [4.69, 9.17) is 0 Å². The molecule has 1 aromatic carbocycles. The quantitative estimate of drug-likeness (QED) is 0.837. The molecule has 0 atom stereocenters. The molecule has 0 aliphatic carbocycles. The summed E-state index contributed by atoms with van der Waals surface area (Å²) >= 11 is 3.27. The Labute approximate surface area is 98.3 Å². The van der Waals surface area contributed by atoms with Crippen LogP contribution in [0.15, 0.2) is 33.6 Å². The van der Waals surface area contributed by atoms with Crippen molar-refractivity contribution < 1.29 is 8.42 Å². The Hall–Kier alpha value is -0.390. The molecule has 2 rings (SSSR count). The summed E-state index contributed by atoms with van der Waals surface area (Å²) in [6.45, 7) is 1.29. The molecular weight excluding hydrogens is 278 g/mol. The maximum Gasteiger partial charge on any atom is 0.244 e. The molecule has 0 N–H and O–H groups in total. The monoisotopic (exact) mass is 289 g/mol. The number of rotatable bonds is 2. The number of hydrogen-bond donors (Lipinski definition) is 0. The van der Waals surface area contributed by atoms with Crippen molar-refractivity contribution in [3.8, 4) is 0 Å². The Morgan fingerprint density at radius 2 is 1.73 bits per heavy atom. The van der Waals surface area contributed by atoms with Gasteiger partial charge in [0.05, 0.1) is 4.90 Å². The van der Waals surface area contributed by atoms with Crippen LogP contribution < -0.4 is 0 Å². The summed E-state index contributed by atoms with van der Waals surface area (Å²) in [5, 5.41) is 0. The number of sulfonamides is 1. The van der Waals surface area contributed by atoms with E-state index >= 15 is 0 Å². The topological polar surface area (TPSA) is 37.4 Å². The van der Waals surface area contributed by atoms with Crippen molar-refractivity contribution in [1.29, 1.82) is 0 Å². The van der Waals surface area contributed by atoms with Crippen molar-refractivity contribution in [3.63, 3.8) is 0 Å². The van der Waals surface area contributed by atoms with Gasteiger partial charge in [-0.15, -0.1) is 0 Å². The maximum atomic E-state index is 12.2. The highest BCUT2D eigenvalue weighted by molar-refractivity contribution is 9.10. The number of hydrogen-bond acceptors (Lipinski definition) is 2. The van der Waals surface area contributed by atoms with Gasteiger partial charge in [-0.1, -0.05) is 12.1 Å². The van der Waals surface area contributed by atoms with Crippen LogP contribution in [0.25, 0.3) is 0 Å². The molecule has 1 aliphatic heterocycles. The third kappa shape index (κ3) is 2.09. The molecule has 0 radical (unpaired) electrons. The SMILES string of the molecule is O=S(=O)(c1ccccc1Br)N1CCCC1. The Bertz CT molecular complexity index is 452. The number of nitrogens with zero attached hydrogens (tertiary/aromatic N) is 1. The largest absolute Gasteiger partial charge is 0.244 e. The number of halogens is 1. The zero-order chi connectivity index (χ0) is 10.9. The molecule has 0 saturated carbocycles. The van der Waals surface area contributed by atoms with Gasteiger partial charge in [-0.25, -0.2) is 8.42 Å². The third-order valence-electron chi connectivity index (χ3n) is 2.52. The second kappa shape index (κ2) is 4.23. The first-order chi connectivity index (χ1) is 7.12. The van der Waals surface area contributed by atoms with E-state index in [1.165, 1.54) is 0 Å². The van der Waals surface area contributed by atoms with Crippen molar-refractivity contribution in [1.82, 2.24) is 4.31 Å². The minimum atomic E-state index is -3.28. The predicted molar refractivity (Wildman–Crippen MR) is 62.1 cm³/mol. The summed E-state index contributed by atoms with van der Waals surface area (Å²) in [5.74, 6) is 0. The summed E-state index contributed by atoms with van der Waals surface area (Å²) < 4.78 is 26.5. The van der Waals surface area contributed by atoms with Crippen LogP contribution in [-0.2, 0) is 10.0 Å². The van der Waals surface area contributed by atoms with Gasteiger partial charge in [-0.05, 0) is 40.9 Å². The highest BCUT2D eigenvalue weighted by atomic mass is 79.9. The van der Waals surface area contributed by atoms with Crippen molar-refractivity contribution in [2.24, 2.45) is 0 Å². The fourth-order valence-corrected chi connectivity index (χ4v) is 4.20. The van der Waals surface area contributed by atoms with E-state index in [2.05, 4.69) is 15.9 Å². The lowest BCUT2D eigenvalue weighted by molar-refractivity contribution is 0.477. The second-order valence-corrected chi connectivity index (χ2v) is 6.30. The third-order valence-corrected chi connectivity index (χ3v) is 5.43. The van der Waals surface area contributed by atoms with Crippen LogP contribution in [0, 0.1) is 0 Å². The molecule has 1 saturated heterocycles. The Morgan fingerprint density at radius 3 is 2.33 bits per heavy atom. The zero-order valence-corrected chi connectivity index (χ0v) is 10.6. The number of benzene rings is 1. The molecule has 0 aromatic heterocycles. The average Bonchev–Trinajstić information content (AvgIpc) is 2.71. The van der Waals surface area contributed by atoms with E-state index in [1.54, 1.807) is 22.5 Å². The summed E-state index contributed by atoms with van der Waals surface area (Å²) in [4.78, 5) is 0.368. The minimum absolute atomic E-state index is 0.368. The van der Waals surface area contributed by atoms with Crippen molar-refractivity contribution in [2.45, 2.75) is 17.7 Å². The Morgan fingerprint density at radius 1 is 1.13 bits per heavy atom. The van der Waals surface area contributed by atoms with E-state index in [9.17, 15) is 8.42 Å². The van der Waals surface area contributed by atoms with Crippen LogP contribution in [0.5, 0.6) is 0 Å². The van der Waals surface area contributed by atoms with Crippen LogP contribution in [0.4, 0.5) is 0 Å². The van der Waals surface area contributed by atoms with Gasteiger partial charge in [-0.2, -0.15) is 4.31 Å². The first kappa shape index (κ1) is 11.1. The van der Waals surface area contributed by atoms with Crippen LogP contribution in [0.3, 0.4) is 0 Å². The van der Waals surface area contributed by atoms with Gasteiger partial charge in [0.2, 0.25) is 10.0 Å². The molecule has 0 bridgehead atoms. The molecule has 1 fully saturated rings. The van der Waals surface area contributed by atoms with Crippen molar-refractivity contribution in [2.75, 3.05) is 13.1 Å². The van der Waals surface area contributed by atoms with Gasteiger partial charge in [-0.3, -0.25) is 0 Å². The van der Waals surface area contributed by atoms with E-state index in [0.717, 1.165) is 12.8 Å². The van der Waals surface area contributed by atoms with Crippen LogP contribution >= 0.6 is 15.9 Å². The lowest BCUT2D eigenvalue weighted by atomic mass is 10.4. The fourth-order valence-electron chi connectivity index (χ4n) is 1.72. The molecule has 82 valence electrons. The zero-order valence-electron chi connectivity index (χ0n) is 8.19. The van der Waals surface area contributed by atoms with E-state index in [-0.39, 0.29) is 0 Å². The molecule has 0 spiro atoms. The first-order valence-corrected chi connectivity index (χ1v) is 7.10. The fraction of sp³-hybridized carbons (Fsp3) is 0.400. The molecule has 15 heavy (non-hydrogen) atoms. The van der Waals surface area contributed by atoms with Crippen molar-refractivity contribution >= 4 is 26.0 Å². The van der Waals surface area contributed by atoms with E-state index in [0.29, 0.717) is 22.5 Å². The lowest BCUT2D eigenvalue weighted by Gasteiger charge is -2.16. The maximum absolute atomic E-state index is 12.2.